The predicted octanol–water partition coefficient (Wildman–Crippen LogP) is 5.62. The maximum absolute atomic E-state index is 12.9. The average molecular weight is 401 g/mol. The molecule has 2 N–H and O–H groups in total. The number of hydrogen-bond acceptors (Lipinski definition) is 5. The predicted molar refractivity (Wildman–Crippen MR) is 102 cm³/mol. The number of alkyl halides is 3. The molecule has 0 fully saturated rings. The number of hydrogen-bond donors (Lipinski definition) is 2. The Kier molecular flexibility index (Phi) is 4.64. The fraction of sp³-hybridized carbons (Fsp3) is 0.100. The van der Waals surface area contributed by atoms with E-state index in [-0.39, 0.29) is 5.75 Å². The summed E-state index contributed by atoms with van der Waals surface area (Å²) < 4.78 is 38.7. The van der Waals surface area contributed by atoms with Gasteiger partial charge in [0.15, 0.2) is 5.13 Å². The highest BCUT2D eigenvalue weighted by Crippen LogP contribution is 2.38. The molecule has 0 aliphatic rings. The fourth-order valence-electron chi connectivity index (χ4n) is 3.00. The minimum atomic E-state index is -4.41. The molecule has 0 bridgehead atoms. The number of benzene rings is 2. The third-order valence-corrected chi connectivity index (χ3v) is 5.07. The van der Waals surface area contributed by atoms with E-state index in [0.29, 0.717) is 21.8 Å². The normalized spacial score (nSPS) is 12.8. The first-order chi connectivity index (χ1) is 13.4. The quantitative estimate of drug-likeness (QED) is 0.466. The van der Waals surface area contributed by atoms with E-state index in [4.69, 9.17) is 0 Å². The first-order valence-corrected chi connectivity index (χ1v) is 9.21. The Balaban J connectivity index is 1.81. The van der Waals surface area contributed by atoms with Gasteiger partial charge >= 0.3 is 6.18 Å². The molecule has 0 spiro atoms. The highest BCUT2D eigenvalue weighted by atomic mass is 32.1. The third-order valence-electron chi connectivity index (χ3n) is 4.36. The molecule has 8 heteroatoms. The second-order valence-corrected chi connectivity index (χ2v) is 7.01. The topological polar surface area (TPSA) is 58.0 Å². The Morgan fingerprint density at radius 1 is 0.964 bits per heavy atom. The van der Waals surface area contributed by atoms with Crippen LogP contribution >= 0.6 is 11.3 Å². The number of nitrogens with one attached hydrogen (secondary N) is 1. The van der Waals surface area contributed by atoms with E-state index in [2.05, 4.69) is 15.3 Å². The Bertz CT molecular complexity index is 1100. The largest absolute Gasteiger partial charge is 0.505 e. The van der Waals surface area contributed by atoms with Crippen molar-refractivity contribution in [3.05, 3.63) is 83.0 Å². The van der Waals surface area contributed by atoms with E-state index in [1.165, 1.54) is 23.5 Å². The zero-order valence-corrected chi connectivity index (χ0v) is 15.1. The lowest BCUT2D eigenvalue weighted by Gasteiger charge is -2.21. The van der Waals surface area contributed by atoms with Crippen molar-refractivity contribution >= 4 is 27.4 Å². The summed E-state index contributed by atoms with van der Waals surface area (Å²) in [6.45, 7) is 0. The molecule has 0 aliphatic heterocycles. The van der Waals surface area contributed by atoms with Crippen LogP contribution in [0.3, 0.4) is 0 Å². The molecule has 0 aliphatic carbocycles. The Hall–Kier alpha value is -3.13. The number of thiazole rings is 1. The van der Waals surface area contributed by atoms with E-state index in [1.807, 2.05) is 12.1 Å². The molecule has 0 amide bonds. The number of fused-ring (bicyclic) bond motifs is 1. The van der Waals surface area contributed by atoms with Gasteiger partial charge < -0.3 is 10.4 Å². The number of halogens is 3. The van der Waals surface area contributed by atoms with Crippen molar-refractivity contribution in [2.24, 2.45) is 0 Å². The molecule has 28 heavy (non-hydrogen) atoms. The van der Waals surface area contributed by atoms with Crippen LogP contribution in [0.5, 0.6) is 5.75 Å². The summed E-state index contributed by atoms with van der Waals surface area (Å²) in [5.41, 5.74) is 0.765. The van der Waals surface area contributed by atoms with Crippen molar-refractivity contribution < 1.29 is 18.3 Å². The molecule has 4 aromatic rings. The van der Waals surface area contributed by atoms with Gasteiger partial charge in [0.05, 0.1) is 11.6 Å². The maximum Gasteiger partial charge on any atom is 0.416 e. The molecule has 1 atom stereocenters. The molecule has 0 unspecified atom stereocenters. The average Bonchev–Trinajstić information content (AvgIpc) is 3.20. The number of aromatic nitrogens is 2. The summed E-state index contributed by atoms with van der Waals surface area (Å²) >= 11 is 1.36. The van der Waals surface area contributed by atoms with Crippen LogP contribution in [0.2, 0.25) is 0 Å². The first kappa shape index (κ1) is 18.2. The van der Waals surface area contributed by atoms with Gasteiger partial charge in [0, 0.05) is 28.7 Å². The molecule has 2 heterocycles. The first-order valence-electron chi connectivity index (χ1n) is 8.33. The molecule has 142 valence electrons. The number of phenolic OH excluding ortho intramolecular Hbond substituents is 1. The van der Waals surface area contributed by atoms with Crippen LogP contribution in [0, 0.1) is 0 Å². The van der Waals surface area contributed by atoms with Gasteiger partial charge in [0.1, 0.15) is 11.3 Å². The number of phenols is 1. The highest BCUT2D eigenvalue weighted by Gasteiger charge is 2.30. The lowest BCUT2D eigenvalue weighted by Crippen LogP contribution is -2.13. The van der Waals surface area contributed by atoms with Gasteiger partial charge in [-0.3, -0.25) is 4.98 Å². The van der Waals surface area contributed by atoms with E-state index >= 15 is 0 Å². The maximum atomic E-state index is 12.9. The third kappa shape index (κ3) is 3.50. The lowest BCUT2D eigenvalue weighted by atomic mass is 9.95. The number of rotatable bonds is 4. The van der Waals surface area contributed by atoms with Crippen LogP contribution in [-0.4, -0.2) is 15.1 Å². The number of pyridine rings is 1. The second-order valence-electron chi connectivity index (χ2n) is 6.11. The minimum absolute atomic E-state index is 0.0212. The monoisotopic (exact) mass is 401 g/mol. The van der Waals surface area contributed by atoms with E-state index in [9.17, 15) is 18.3 Å². The van der Waals surface area contributed by atoms with Gasteiger partial charge in [-0.15, -0.1) is 11.3 Å². The molecule has 2 aromatic heterocycles. The van der Waals surface area contributed by atoms with Crippen molar-refractivity contribution in [3.63, 3.8) is 0 Å². The number of nitrogens with zero attached hydrogens (tertiary/aromatic N) is 2. The number of aromatic hydroxyl groups is 1. The van der Waals surface area contributed by atoms with E-state index in [1.54, 1.807) is 29.9 Å². The summed E-state index contributed by atoms with van der Waals surface area (Å²) in [6.07, 6.45) is -1.21. The van der Waals surface area contributed by atoms with E-state index < -0.39 is 17.8 Å². The van der Waals surface area contributed by atoms with Crippen LogP contribution in [-0.2, 0) is 6.18 Å². The van der Waals surface area contributed by atoms with Crippen LogP contribution in [0.25, 0.3) is 10.9 Å². The van der Waals surface area contributed by atoms with Crippen LogP contribution < -0.4 is 5.32 Å². The number of anilines is 1. The van der Waals surface area contributed by atoms with Crippen molar-refractivity contribution in [2.45, 2.75) is 12.2 Å². The van der Waals surface area contributed by atoms with Gasteiger partial charge in [0.25, 0.3) is 0 Å². The molecule has 2 aromatic carbocycles. The molecular formula is C20H14F3N3OS. The van der Waals surface area contributed by atoms with Gasteiger partial charge in [-0.1, -0.05) is 30.3 Å². The smallest absolute Gasteiger partial charge is 0.416 e. The van der Waals surface area contributed by atoms with E-state index in [0.717, 1.165) is 17.5 Å². The minimum Gasteiger partial charge on any atom is -0.505 e. The summed E-state index contributed by atoms with van der Waals surface area (Å²) in [4.78, 5) is 8.41. The molecule has 0 saturated carbocycles. The van der Waals surface area contributed by atoms with Crippen LogP contribution in [0.15, 0.2) is 66.3 Å². The molecule has 0 radical (unpaired) electrons. The zero-order chi connectivity index (χ0) is 19.7. The van der Waals surface area contributed by atoms with Crippen molar-refractivity contribution in [2.75, 3.05) is 5.32 Å². The summed E-state index contributed by atoms with van der Waals surface area (Å²) in [5.74, 6) is -0.0212. The second kappa shape index (κ2) is 7.12. The highest BCUT2D eigenvalue weighted by molar-refractivity contribution is 7.13. The Morgan fingerprint density at radius 2 is 1.75 bits per heavy atom. The fourth-order valence-corrected chi connectivity index (χ4v) is 3.56. The van der Waals surface area contributed by atoms with Crippen LogP contribution in [0.1, 0.15) is 22.7 Å². The SMILES string of the molecule is Oc1c([C@@H](Nc2nccs2)c2ccc(C(F)(F)F)cc2)ccc2cccnc12. The van der Waals surface area contributed by atoms with Gasteiger partial charge in [-0.25, -0.2) is 4.98 Å². The lowest BCUT2D eigenvalue weighted by molar-refractivity contribution is -0.137. The van der Waals surface area contributed by atoms with Gasteiger partial charge in [-0.05, 0) is 23.8 Å². The Morgan fingerprint density at radius 3 is 2.43 bits per heavy atom. The van der Waals surface area contributed by atoms with Crippen molar-refractivity contribution in [1.82, 2.24) is 9.97 Å². The molecule has 4 rings (SSSR count). The van der Waals surface area contributed by atoms with Crippen molar-refractivity contribution in [1.29, 1.82) is 0 Å². The molecular weight excluding hydrogens is 387 g/mol. The summed E-state index contributed by atoms with van der Waals surface area (Å²) in [7, 11) is 0. The standard InChI is InChI=1S/C20H14F3N3OS/c21-20(22,23)14-6-3-13(4-7-14)16(26-19-25-10-11-28-19)15-8-5-12-2-1-9-24-17(12)18(15)27/h1-11,16,27H,(H,25,26)/t16-/m0/s1. The zero-order valence-electron chi connectivity index (χ0n) is 14.3. The van der Waals surface area contributed by atoms with Crippen LogP contribution in [0.4, 0.5) is 18.3 Å². The molecule has 4 nitrogen and oxygen atoms in total. The molecule has 0 saturated heterocycles. The van der Waals surface area contributed by atoms with Crippen molar-refractivity contribution in [3.8, 4) is 5.75 Å². The van der Waals surface area contributed by atoms with Gasteiger partial charge in [0.2, 0.25) is 0 Å². The summed E-state index contributed by atoms with van der Waals surface area (Å²) in [5, 5.41) is 17.1. The Labute approximate surface area is 162 Å². The van der Waals surface area contributed by atoms with Gasteiger partial charge in [-0.2, -0.15) is 13.2 Å². The summed E-state index contributed by atoms with van der Waals surface area (Å²) in [6, 6.07) is 11.4.